The second-order valence-electron chi connectivity index (χ2n) is 14.8. The number of carbonyl (C=O) groups excluding carboxylic acids is 2. The van der Waals surface area contributed by atoms with Crippen molar-refractivity contribution < 1.29 is 42.3 Å². The molecule has 0 radical (unpaired) electrons. The third-order valence-electron chi connectivity index (χ3n) is 9.99. The zero-order valence-corrected chi connectivity index (χ0v) is 32.5. The number of anilines is 2. The molecule has 10 rings (SSSR count). The molecule has 4 N–H and O–H groups in total. The van der Waals surface area contributed by atoms with Gasteiger partial charge in [0.2, 0.25) is 0 Å². The fourth-order valence-electron chi connectivity index (χ4n) is 7.13. The van der Waals surface area contributed by atoms with Gasteiger partial charge in [-0.2, -0.15) is 20.7 Å². The first-order valence-electron chi connectivity index (χ1n) is 23.7. The molecule has 2 fully saturated rings. The number of fused-ring (bicyclic) bond motifs is 2. The maximum absolute atomic E-state index is 14.8. The van der Waals surface area contributed by atoms with E-state index in [0.29, 0.717) is 10.6 Å². The SMILES string of the molecule is [2H]C1([2H])CC(C)(O)C([2H])([2H])N1c1ccn(-c2cc(-c3c(F)cccc3C#N)nc3c2C(=O)NC3)n1.[2H]C1([2H])NC(=O)c2c(-n3ccc(N4C([2H])([2H])CC(C)(O)C4([2H])[2H])n3)cc(-c3c(F)cccc3C#N)nc21. The Bertz CT molecular complexity index is 3390. The summed E-state index contributed by atoms with van der Waals surface area (Å²) in [5.74, 6) is -3.03. The summed E-state index contributed by atoms with van der Waals surface area (Å²) in [4.78, 5) is 35.4. The normalized spacial score (nSPS) is 26.4. The average Bonchev–Trinajstić information content (AvgIpc) is 4.11. The highest BCUT2D eigenvalue weighted by atomic mass is 19.1. The van der Waals surface area contributed by atoms with Crippen LogP contribution in [-0.2, 0) is 13.0 Å². The molecule has 312 valence electrons. The second kappa shape index (κ2) is 15.2. The number of amides is 2. The predicted octanol–water partition coefficient (Wildman–Crippen LogP) is 4.30. The quantitative estimate of drug-likeness (QED) is 0.185. The van der Waals surface area contributed by atoms with Crippen molar-refractivity contribution in [2.75, 3.05) is 35.8 Å². The molecule has 62 heavy (non-hydrogen) atoms. The molecule has 2 unspecified atom stereocenters. The second-order valence-corrected chi connectivity index (χ2v) is 14.8. The van der Waals surface area contributed by atoms with Crippen LogP contribution in [0.25, 0.3) is 33.9 Å². The summed E-state index contributed by atoms with van der Waals surface area (Å²) in [5, 5.41) is 53.3. The number of β-amino-alcohol motifs (C(OH)–C–C–N with tert-alkyl or cyclic N) is 2. The number of carbonyl (C=O) groups is 2. The van der Waals surface area contributed by atoms with E-state index in [1.165, 1.54) is 85.5 Å². The van der Waals surface area contributed by atoms with Crippen molar-refractivity contribution in [2.45, 2.75) is 50.9 Å². The van der Waals surface area contributed by atoms with E-state index in [4.69, 9.17) is 13.7 Å². The first-order valence-corrected chi connectivity index (χ1v) is 18.7. The fourth-order valence-corrected chi connectivity index (χ4v) is 7.13. The topological polar surface area (TPSA) is 214 Å². The van der Waals surface area contributed by atoms with Gasteiger partial charge in [-0.25, -0.2) is 28.1 Å². The lowest BCUT2D eigenvalue weighted by Crippen LogP contribution is -2.29. The number of hydrogen-bond acceptors (Lipinski definition) is 12. The molecular weight excluding hydrogens is 799 g/mol. The standard InChI is InChI=1S/2C22H19FN6O2/c2*1-22(31)6-8-28(12-22)18-5-7-29(27-18)17-9-15(26-16-11-25-21(30)20(16)17)19-13(10-24)3-2-4-14(19)23/h2*2-5,7,9,31H,6,8,11-12H2,1H3,(H,25,30)/i8D2,11D2,12D2;8D2,12D2. The van der Waals surface area contributed by atoms with Gasteiger partial charge < -0.3 is 30.6 Å². The number of hydrogen-bond donors (Lipinski definition) is 4. The van der Waals surface area contributed by atoms with Crippen LogP contribution in [0.5, 0.6) is 0 Å². The Balaban J connectivity index is 0.000000178. The van der Waals surface area contributed by atoms with Crippen molar-refractivity contribution in [1.82, 2.24) is 40.2 Å². The Kier molecular flexibility index (Phi) is 7.26. The van der Waals surface area contributed by atoms with Crippen LogP contribution in [0.4, 0.5) is 20.4 Å². The first kappa shape index (κ1) is 29.6. The van der Waals surface area contributed by atoms with Gasteiger partial charge in [0.25, 0.3) is 11.8 Å². The molecule has 18 heteroatoms. The average molecular weight is 847 g/mol. The Hall–Kier alpha value is -7.54. The molecule has 2 saturated heterocycles. The molecule has 0 spiro atoms. The molecule has 0 bridgehead atoms. The van der Waals surface area contributed by atoms with Crippen LogP contribution >= 0.6 is 0 Å². The van der Waals surface area contributed by atoms with E-state index in [-0.39, 0.29) is 80.0 Å². The number of benzene rings is 2. The number of pyridine rings is 2. The van der Waals surface area contributed by atoms with Crippen LogP contribution in [0.3, 0.4) is 0 Å². The minimum absolute atomic E-state index is 0.0333. The smallest absolute Gasteiger partial charge is 0.255 e. The molecular formula is C44H38F2N12O4. The lowest BCUT2D eigenvalue weighted by Gasteiger charge is -2.18. The van der Waals surface area contributed by atoms with E-state index in [1.54, 1.807) is 0 Å². The van der Waals surface area contributed by atoms with Crippen LogP contribution in [0.15, 0.2) is 73.1 Å². The van der Waals surface area contributed by atoms with E-state index in [2.05, 4.69) is 30.8 Å². The summed E-state index contributed by atoms with van der Waals surface area (Å²) >= 11 is 0. The van der Waals surface area contributed by atoms with Gasteiger partial charge >= 0.3 is 0 Å². The number of aliphatic hydroxyl groups is 2. The summed E-state index contributed by atoms with van der Waals surface area (Å²) in [7, 11) is 0. The highest BCUT2D eigenvalue weighted by Gasteiger charge is 2.35. The van der Waals surface area contributed by atoms with Crippen molar-refractivity contribution in [3.8, 4) is 46.0 Å². The van der Waals surface area contributed by atoms with E-state index in [0.717, 1.165) is 15.6 Å². The highest BCUT2D eigenvalue weighted by Crippen LogP contribution is 2.35. The number of nitrogens with one attached hydrogen (secondary N) is 2. The first-order chi connectivity index (χ1) is 33.5. The highest BCUT2D eigenvalue weighted by molar-refractivity contribution is 6.02. The minimum Gasteiger partial charge on any atom is -0.388 e. The Morgan fingerprint density at radius 3 is 1.65 bits per heavy atom. The van der Waals surface area contributed by atoms with E-state index in [9.17, 15) is 39.1 Å². The van der Waals surface area contributed by atoms with Crippen LogP contribution in [0.1, 0.15) is 83.6 Å². The molecule has 2 aromatic carbocycles. The summed E-state index contributed by atoms with van der Waals surface area (Å²) in [6.07, 6.45) is 1.68. The number of aromatic nitrogens is 6. The minimum atomic E-state index is -2.55. The van der Waals surface area contributed by atoms with Crippen LogP contribution < -0.4 is 20.4 Å². The number of nitriles is 2. The van der Waals surface area contributed by atoms with E-state index in [1.807, 2.05) is 12.1 Å². The van der Waals surface area contributed by atoms with Gasteiger partial charge in [0.1, 0.15) is 11.6 Å². The largest absolute Gasteiger partial charge is 0.388 e. The van der Waals surface area contributed by atoms with Crippen molar-refractivity contribution in [3.05, 3.63) is 118 Å². The molecule has 8 heterocycles. The molecule has 16 nitrogen and oxygen atoms in total. The van der Waals surface area contributed by atoms with Crippen LogP contribution in [-0.4, -0.2) is 88.7 Å². The number of halogens is 2. The van der Waals surface area contributed by atoms with Crippen LogP contribution in [0, 0.1) is 34.3 Å². The van der Waals surface area contributed by atoms with Crippen molar-refractivity contribution in [2.24, 2.45) is 0 Å². The lowest BCUT2D eigenvalue weighted by molar-refractivity contribution is 0.0833. The van der Waals surface area contributed by atoms with Gasteiger partial charge in [0.05, 0.1) is 112 Å². The summed E-state index contributed by atoms with van der Waals surface area (Å²) < 4.78 is 115. The molecule has 2 atom stereocenters. The third-order valence-corrected chi connectivity index (χ3v) is 9.99. The monoisotopic (exact) mass is 846 g/mol. The number of nitrogens with zero attached hydrogens (tertiary/aromatic N) is 10. The molecule has 4 aromatic heterocycles. The van der Waals surface area contributed by atoms with E-state index < -0.39 is 80.0 Å². The van der Waals surface area contributed by atoms with E-state index >= 15 is 0 Å². The molecule has 0 saturated carbocycles. The molecule has 0 aliphatic carbocycles. The summed E-state index contributed by atoms with van der Waals surface area (Å²) in [6.45, 7) is -9.54. The van der Waals surface area contributed by atoms with Gasteiger partial charge in [-0.1, -0.05) is 12.1 Å². The molecule has 4 aliphatic rings. The molecule has 2 amide bonds. The van der Waals surface area contributed by atoms with Gasteiger partial charge in [0, 0.05) is 56.0 Å². The molecule has 6 aromatic rings. The van der Waals surface area contributed by atoms with Crippen molar-refractivity contribution in [3.63, 3.8) is 0 Å². The summed E-state index contributed by atoms with van der Waals surface area (Å²) in [5.41, 5.74) is -4.23. The zero-order valence-electron chi connectivity index (χ0n) is 42.5. The van der Waals surface area contributed by atoms with Crippen LogP contribution in [0.2, 0.25) is 0 Å². The van der Waals surface area contributed by atoms with Gasteiger partial charge in [-0.3, -0.25) is 9.59 Å². The maximum atomic E-state index is 14.8. The van der Waals surface area contributed by atoms with Gasteiger partial charge in [0.15, 0.2) is 11.6 Å². The zero-order chi connectivity index (χ0) is 52.5. The molecule has 4 aliphatic heterocycles. The van der Waals surface area contributed by atoms with Crippen molar-refractivity contribution in [1.29, 1.82) is 10.5 Å². The van der Waals surface area contributed by atoms with Crippen molar-refractivity contribution >= 4 is 23.5 Å². The predicted molar refractivity (Wildman–Crippen MR) is 220 cm³/mol. The van der Waals surface area contributed by atoms with Gasteiger partial charge in [-0.05, 0) is 63.1 Å². The Morgan fingerprint density at radius 1 is 0.710 bits per heavy atom. The Labute approximate surface area is 367 Å². The third kappa shape index (κ3) is 7.25. The fraction of sp³-hybridized carbons (Fsp3) is 0.273. The van der Waals surface area contributed by atoms with Gasteiger partial charge in [-0.15, -0.1) is 0 Å². The maximum Gasteiger partial charge on any atom is 0.255 e. The Morgan fingerprint density at radius 2 is 1.18 bits per heavy atom. The lowest BCUT2D eigenvalue weighted by atomic mass is 10.0. The summed E-state index contributed by atoms with van der Waals surface area (Å²) in [6, 6.07) is 17.0. The number of rotatable bonds is 6.